The van der Waals surface area contributed by atoms with Crippen molar-refractivity contribution < 1.29 is 38.6 Å². The molecule has 2 saturated heterocycles. The molecule has 264 valence electrons. The van der Waals surface area contributed by atoms with Gasteiger partial charge in [0.15, 0.2) is 0 Å². The summed E-state index contributed by atoms with van der Waals surface area (Å²) in [5.74, 6) is -2.36. The summed E-state index contributed by atoms with van der Waals surface area (Å²) in [7, 11) is 3.97. The highest BCUT2D eigenvalue weighted by Gasteiger charge is 2.62. The maximum Gasteiger partial charge on any atom is 0.410 e. The van der Waals surface area contributed by atoms with Gasteiger partial charge in [0.05, 0.1) is 6.54 Å². The van der Waals surface area contributed by atoms with Crippen molar-refractivity contribution in [3.63, 3.8) is 0 Å². The van der Waals surface area contributed by atoms with Crippen LogP contribution < -0.4 is 15.5 Å². The highest BCUT2D eigenvalue weighted by Crippen LogP contribution is 2.47. The quantitative estimate of drug-likeness (QED) is 0.434. The molecule has 5 atom stereocenters. The number of hydrogen-bond donors (Lipinski definition) is 3. The fraction of sp³-hybridized carbons (Fsp3) is 0.686. The number of carboxylic acids is 1. The second kappa shape index (κ2) is 14.2. The maximum atomic E-state index is 14.2. The molecule has 0 bridgehead atoms. The first kappa shape index (κ1) is 35.3. The van der Waals surface area contributed by atoms with Crippen LogP contribution in [0.4, 0.5) is 15.3 Å². The molecule has 0 unspecified atom stereocenters. The van der Waals surface area contributed by atoms with E-state index in [9.17, 15) is 29.1 Å². The van der Waals surface area contributed by atoms with Gasteiger partial charge in [0.1, 0.15) is 29.3 Å². The van der Waals surface area contributed by atoms with Crippen LogP contribution in [0.3, 0.4) is 0 Å². The molecular formula is C35H51N5O8. The van der Waals surface area contributed by atoms with Gasteiger partial charge in [-0.3, -0.25) is 9.59 Å². The third-order valence-electron chi connectivity index (χ3n) is 9.96. The van der Waals surface area contributed by atoms with Crippen LogP contribution in [0.5, 0.6) is 0 Å². The first-order valence-corrected chi connectivity index (χ1v) is 17.3. The Balaban J connectivity index is 1.35. The maximum absolute atomic E-state index is 14.2. The number of carboxylic acid groups (broad SMARTS) is 1. The molecule has 1 aliphatic carbocycles. The third-order valence-corrected chi connectivity index (χ3v) is 9.96. The molecule has 3 N–H and O–H groups in total. The van der Waals surface area contributed by atoms with Crippen molar-refractivity contribution in [2.24, 2.45) is 5.92 Å². The molecule has 1 aromatic carbocycles. The normalized spacial score (nSPS) is 28.0. The molecule has 0 spiro atoms. The van der Waals surface area contributed by atoms with Gasteiger partial charge in [0, 0.05) is 39.3 Å². The number of amides is 4. The Hall–Kier alpha value is -4.03. The van der Waals surface area contributed by atoms with Crippen molar-refractivity contribution in [1.29, 1.82) is 0 Å². The van der Waals surface area contributed by atoms with E-state index in [-0.39, 0.29) is 18.9 Å². The summed E-state index contributed by atoms with van der Waals surface area (Å²) >= 11 is 0. The molecule has 0 radical (unpaired) electrons. The standard InChI is InChI=1S/C35H51N5O8/c1-34(2,3)48-32(45)36-26-14-10-8-6-7-9-13-23-19-35(23,31(43)44)37-29(41)28-18-24(21-40(28)30(26)42)47-33(46)39-17-16-25-22(20-39)12-11-15-27(25)38(4)5/h11-12,15,23-24,26,28H,6-10,13-14,16-21H2,1-5H3,(H,36,45)(H,37,41)(H,43,44)/t23-,24-,26+,28+,35-/m1/s1. The molecule has 48 heavy (non-hydrogen) atoms. The van der Waals surface area contributed by atoms with E-state index in [2.05, 4.69) is 21.6 Å². The molecular weight excluding hydrogens is 618 g/mol. The number of ether oxygens (including phenoxy) is 2. The Morgan fingerprint density at radius 2 is 1.77 bits per heavy atom. The van der Waals surface area contributed by atoms with Crippen LogP contribution in [-0.4, -0.2) is 101 Å². The van der Waals surface area contributed by atoms with Gasteiger partial charge in [-0.2, -0.15) is 0 Å². The van der Waals surface area contributed by atoms with Crippen LogP contribution in [-0.2, 0) is 36.8 Å². The molecule has 0 aromatic heterocycles. The first-order chi connectivity index (χ1) is 22.7. The van der Waals surface area contributed by atoms with E-state index >= 15 is 0 Å². The van der Waals surface area contributed by atoms with Gasteiger partial charge < -0.3 is 39.9 Å². The number of alkyl carbamates (subject to hydrolysis) is 1. The summed E-state index contributed by atoms with van der Waals surface area (Å²) in [6, 6.07) is 3.97. The summed E-state index contributed by atoms with van der Waals surface area (Å²) < 4.78 is 11.4. The molecule has 3 fully saturated rings. The number of carbonyl (C=O) groups excluding carboxylic acids is 4. The highest BCUT2D eigenvalue weighted by molar-refractivity contribution is 5.96. The van der Waals surface area contributed by atoms with Crippen molar-refractivity contribution in [3.05, 3.63) is 29.3 Å². The fourth-order valence-corrected chi connectivity index (χ4v) is 7.38. The van der Waals surface area contributed by atoms with Crippen LogP contribution in [0.2, 0.25) is 0 Å². The number of nitrogens with zero attached hydrogens (tertiary/aromatic N) is 3. The lowest BCUT2D eigenvalue weighted by Crippen LogP contribution is -2.56. The predicted octanol–water partition coefficient (Wildman–Crippen LogP) is 3.81. The number of nitrogens with one attached hydrogen (secondary N) is 2. The second-order valence-corrected chi connectivity index (χ2v) is 14.9. The van der Waals surface area contributed by atoms with Crippen molar-refractivity contribution in [2.45, 2.75) is 121 Å². The summed E-state index contributed by atoms with van der Waals surface area (Å²) in [5, 5.41) is 15.6. The minimum atomic E-state index is -1.37. The second-order valence-electron chi connectivity index (χ2n) is 14.9. The number of carbonyl (C=O) groups is 5. The number of fused-ring (bicyclic) bond motifs is 3. The molecule has 5 rings (SSSR count). The molecule has 1 aromatic rings. The predicted molar refractivity (Wildman–Crippen MR) is 177 cm³/mol. The Morgan fingerprint density at radius 1 is 1.06 bits per heavy atom. The Bertz CT molecular complexity index is 1410. The summed E-state index contributed by atoms with van der Waals surface area (Å²) in [5.41, 5.74) is 1.18. The van der Waals surface area contributed by atoms with E-state index in [1.807, 2.05) is 26.2 Å². The molecule has 1 saturated carbocycles. The minimum absolute atomic E-state index is 0.0119. The van der Waals surface area contributed by atoms with Crippen LogP contribution in [0.15, 0.2) is 18.2 Å². The summed E-state index contributed by atoms with van der Waals surface area (Å²) in [6.45, 7) is 5.97. The van der Waals surface area contributed by atoms with Gasteiger partial charge in [-0.15, -0.1) is 0 Å². The van der Waals surface area contributed by atoms with Crippen molar-refractivity contribution in [2.75, 3.05) is 32.1 Å². The van der Waals surface area contributed by atoms with Gasteiger partial charge in [-0.05, 0) is 69.6 Å². The van der Waals surface area contributed by atoms with Gasteiger partial charge in [0.2, 0.25) is 11.8 Å². The molecule has 3 heterocycles. The van der Waals surface area contributed by atoms with E-state index in [1.165, 1.54) is 10.5 Å². The number of anilines is 1. The Morgan fingerprint density at radius 3 is 2.46 bits per heavy atom. The van der Waals surface area contributed by atoms with Crippen molar-refractivity contribution >= 4 is 35.7 Å². The lowest BCUT2D eigenvalue weighted by atomic mass is 9.97. The lowest BCUT2D eigenvalue weighted by Gasteiger charge is -2.31. The Kier molecular flexibility index (Phi) is 10.4. The smallest absolute Gasteiger partial charge is 0.410 e. The molecule has 13 nitrogen and oxygen atoms in total. The minimum Gasteiger partial charge on any atom is -0.479 e. The van der Waals surface area contributed by atoms with Crippen LogP contribution in [0.25, 0.3) is 0 Å². The summed E-state index contributed by atoms with van der Waals surface area (Å²) in [4.78, 5) is 71.8. The monoisotopic (exact) mass is 669 g/mol. The Labute approximate surface area is 282 Å². The van der Waals surface area contributed by atoms with E-state index in [0.29, 0.717) is 45.2 Å². The zero-order valence-corrected chi connectivity index (χ0v) is 28.9. The van der Waals surface area contributed by atoms with Crippen LogP contribution in [0, 0.1) is 5.92 Å². The van der Waals surface area contributed by atoms with Gasteiger partial charge >= 0.3 is 18.2 Å². The van der Waals surface area contributed by atoms with Gasteiger partial charge in [-0.1, -0.05) is 44.2 Å². The van der Waals surface area contributed by atoms with Crippen molar-refractivity contribution in [3.8, 4) is 0 Å². The lowest BCUT2D eigenvalue weighted by molar-refractivity contribution is -0.146. The number of benzene rings is 1. The average molecular weight is 670 g/mol. The molecule has 3 aliphatic heterocycles. The molecule has 4 aliphatic rings. The number of rotatable bonds is 4. The zero-order valence-electron chi connectivity index (χ0n) is 28.9. The van der Waals surface area contributed by atoms with Crippen molar-refractivity contribution in [1.82, 2.24) is 20.4 Å². The van der Waals surface area contributed by atoms with E-state index < -0.39 is 59.3 Å². The van der Waals surface area contributed by atoms with Crippen LogP contribution in [0.1, 0.15) is 89.7 Å². The van der Waals surface area contributed by atoms with E-state index in [1.54, 1.807) is 25.7 Å². The zero-order chi connectivity index (χ0) is 34.8. The number of aliphatic carboxylic acids is 1. The highest BCUT2D eigenvalue weighted by atomic mass is 16.6. The first-order valence-electron chi connectivity index (χ1n) is 17.3. The average Bonchev–Trinajstić information content (AvgIpc) is 3.55. The van der Waals surface area contributed by atoms with Gasteiger partial charge in [0.25, 0.3) is 0 Å². The van der Waals surface area contributed by atoms with E-state index in [4.69, 9.17) is 9.47 Å². The van der Waals surface area contributed by atoms with E-state index in [0.717, 1.165) is 36.9 Å². The molecule has 13 heteroatoms. The van der Waals surface area contributed by atoms with Gasteiger partial charge in [-0.25, -0.2) is 14.4 Å². The fourth-order valence-electron chi connectivity index (χ4n) is 7.38. The summed E-state index contributed by atoms with van der Waals surface area (Å²) in [6.07, 6.45) is 4.15. The van der Waals surface area contributed by atoms with Crippen LogP contribution >= 0.6 is 0 Å². The molecule has 4 amide bonds. The largest absolute Gasteiger partial charge is 0.479 e. The topological polar surface area (TPSA) is 158 Å². The number of hydrogen-bond acceptors (Lipinski definition) is 8. The third kappa shape index (κ3) is 7.98. The SMILES string of the molecule is CN(C)c1cccc2c1CCN(C(=O)O[C@@H]1C[C@H]3C(=O)N[C@]4(C(=O)O)C[C@H]4CCCCCCC[C@H](NC(=O)OC(C)(C)C)C(=O)N3C1)C2.